The molecular formula is C14H24N4OS. The van der Waals surface area contributed by atoms with E-state index in [2.05, 4.69) is 24.1 Å². The lowest BCUT2D eigenvalue weighted by Gasteiger charge is -2.17. The fourth-order valence-electron chi connectivity index (χ4n) is 2.45. The molecule has 112 valence electrons. The van der Waals surface area contributed by atoms with Crippen molar-refractivity contribution in [2.24, 2.45) is 11.8 Å². The number of nitrogens with two attached hydrogens (primary N) is 1. The molecule has 1 aromatic heterocycles. The molecule has 5 nitrogen and oxygen atoms in total. The van der Waals surface area contributed by atoms with E-state index in [4.69, 9.17) is 5.73 Å². The summed E-state index contributed by atoms with van der Waals surface area (Å²) in [5.74, 6) is 1.59. The monoisotopic (exact) mass is 296 g/mol. The molecular weight excluding hydrogens is 272 g/mol. The van der Waals surface area contributed by atoms with E-state index in [1.807, 2.05) is 18.7 Å². The number of anilines is 2. The number of rotatable bonds is 4. The van der Waals surface area contributed by atoms with Gasteiger partial charge in [0.05, 0.1) is 0 Å². The zero-order valence-corrected chi connectivity index (χ0v) is 13.5. The topological polar surface area (TPSA) is 71.2 Å². The van der Waals surface area contributed by atoms with E-state index in [9.17, 15) is 4.79 Å². The molecule has 1 amide bonds. The van der Waals surface area contributed by atoms with Gasteiger partial charge in [-0.05, 0) is 32.1 Å². The molecule has 0 spiro atoms. The number of nitrogens with zero attached hydrogens (tertiary/aromatic N) is 2. The van der Waals surface area contributed by atoms with Crippen LogP contribution in [-0.4, -0.2) is 34.9 Å². The van der Waals surface area contributed by atoms with E-state index in [1.54, 1.807) is 0 Å². The van der Waals surface area contributed by atoms with Gasteiger partial charge in [-0.3, -0.25) is 4.79 Å². The van der Waals surface area contributed by atoms with Crippen LogP contribution in [0.2, 0.25) is 0 Å². The summed E-state index contributed by atoms with van der Waals surface area (Å²) in [7, 11) is 0. The maximum atomic E-state index is 12.5. The molecule has 3 N–H and O–H groups in total. The number of nitrogens with one attached hydrogen (secondary N) is 1. The second kappa shape index (κ2) is 5.99. The number of hydrogen-bond donors (Lipinski definition) is 2. The number of nitrogen functional groups attached to an aromatic ring is 1. The summed E-state index contributed by atoms with van der Waals surface area (Å²) in [6.45, 7) is 10.2. The Balaban J connectivity index is 2.08. The normalized spacial score (nSPS) is 19.1. The molecule has 0 radical (unpaired) electrons. The van der Waals surface area contributed by atoms with E-state index in [1.165, 1.54) is 11.3 Å². The van der Waals surface area contributed by atoms with Crippen molar-refractivity contribution in [3.05, 3.63) is 4.88 Å². The molecule has 0 aliphatic carbocycles. The highest BCUT2D eigenvalue weighted by Gasteiger charge is 2.30. The van der Waals surface area contributed by atoms with Gasteiger partial charge < -0.3 is 16.0 Å². The van der Waals surface area contributed by atoms with Crippen LogP contribution in [-0.2, 0) is 0 Å². The first-order valence-electron chi connectivity index (χ1n) is 7.20. The van der Waals surface area contributed by atoms with Gasteiger partial charge in [0.25, 0.3) is 5.91 Å². The van der Waals surface area contributed by atoms with Gasteiger partial charge >= 0.3 is 0 Å². The fourth-order valence-corrected chi connectivity index (χ4v) is 3.45. The molecule has 20 heavy (non-hydrogen) atoms. The van der Waals surface area contributed by atoms with Crippen molar-refractivity contribution < 1.29 is 4.79 Å². The number of amides is 1. The first kappa shape index (κ1) is 15.1. The Morgan fingerprint density at radius 3 is 2.70 bits per heavy atom. The van der Waals surface area contributed by atoms with Crippen molar-refractivity contribution >= 4 is 28.2 Å². The Bertz CT molecular complexity index is 484. The Kier molecular flexibility index (Phi) is 4.52. The minimum Gasteiger partial charge on any atom is -0.382 e. The highest BCUT2D eigenvalue weighted by molar-refractivity contribution is 7.18. The molecule has 0 aromatic carbocycles. The van der Waals surface area contributed by atoms with E-state index < -0.39 is 0 Å². The average Bonchev–Trinajstić information content (AvgIpc) is 2.94. The minimum absolute atomic E-state index is 0.0277. The Morgan fingerprint density at radius 2 is 2.15 bits per heavy atom. The third-order valence-corrected chi connectivity index (χ3v) is 4.70. The lowest BCUT2D eigenvalue weighted by Crippen LogP contribution is -2.29. The SMILES string of the molecule is CC(C)Nc1nc(N)c(C(=O)N2CCC(C(C)C)C2)s1. The molecule has 1 fully saturated rings. The molecule has 2 heterocycles. The van der Waals surface area contributed by atoms with E-state index in [0.29, 0.717) is 22.5 Å². The highest BCUT2D eigenvalue weighted by Crippen LogP contribution is 2.30. The first-order chi connectivity index (χ1) is 9.38. The van der Waals surface area contributed by atoms with Crippen LogP contribution in [0.4, 0.5) is 10.9 Å². The summed E-state index contributed by atoms with van der Waals surface area (Å²) >= 11 is 1.35. The van der Waals surface area contributed by atoms with E-state index in [-0.39, 0.29) is 11.9 Å². The summed E-state index contributed by atoms with van der Waals surface area (Å²) in [6.07, 6.45) is 1.08. The number of carbonyl (C=O) groups is 1. The lowest BCUT2D eigenvalue weighted by atomic mass is 9.95. The number of hydrogen-bond acceptors (Lipinski definition) is 5. The third kappa shape index (κ3) is 3.23. The van der Waals surface area contributed by atoms with Crippen LogP contribution in [0.25, 0.3) is 0 Å². The molecule has 1 aliphatic heterocycles. The maximum Gasteiger partial charge on any atom is 0.267 e. The highest BCUT2D eigenvalue weighted by atomic mass is 32.1. The quantitative estimate of drug-likeness (QED) is 0.896. The third-order valence-electron chi connectivity index (χ3n) is 3.71. The predicted molar refractivity (Wildman–Crippen MR) is 84.1 cm³/mol. The summed E-state index contributed by atoms with van der Waals surface area (Å²) < 4.78 is 0. The fraction of sp³-hybridized carbons (Fsp3) is 0.714. The molecule has 1 aromatic rings. The van der Waals surface area contributed by atoms with E-state index >= 15 is 0 Å². The molecule has 1 saturated heterocycles. The number of aromatic nitrogens is 1. The van der Waals surface area contributed by atoms with Crippen molar-refractivity contribution in [1.29, 1.82) is 0 Å². The molecule has 6 heteroatoms. The van der Waals surface area contributed by atoms with Crippen LogP contribution < -0.4 is 11.1 Å². The van der Waals surface area contributed by atoms with Crippen molar-refractivity contribution in [3.8, 4) is 0 Å². The van der Waals surface area contributed by atoms with Crippen molar-refractivity contribution in [3.63, 3.8) is 0 Å². The van der Waals surface area contributed by atoms with Crippen LogP contribution in [0.3, 0.4) is 0 Å². The molecule has 0 saturated carbocycles. The second-order valence-corrected chi connectivity index (χ2v) is 7.08. The summed E-state index contributed by atoms with van der Waals surface area (Å²) in [5.41, 5.74) is 5.89. The van der Waals surface area contributed by atoms with Crippen LogP contribution >= 0.6 is 11.3 Å². The van der Waals surface area contributed by atoms with Gasteiger partial charge in [0.2, 0.25) is 0 Å². The van der Waals surface area contributed by atoms with Crippen molar-refractivity contribution in [1.82, 2.24) is 9.88 Å². The molecule has 1 unspecified atom stereocenters. The van der Waals surface area contributed by atoms with Gasteiger partial charge in [0.1, 0.15) is 10.7 Å². The first-order valence-corrected chi connectivity index (χ1v) is 8.02. The summed E-state index contributed by atoms with van der Waals surface area (Å²) in [6, 6.07) is 0.278. The van der Waals surface area contributed by atoms with Crippen LogP contribution in [0.15, 0.2) is 0 Å². The number of thiazole rings is 1. The molecule has 2 rings (SSSR count). The standard InChI is InChI=1S/C14H24N4OS/c1-8(2)10-5-6-18(7-10)13(19)11-12(15)17-14(20-11)16-9(3)4/h8-10H,5-7,15H2,1-4H3,(H,16,17). The summed E-state index contributed by atoms with van der Waals surface area (Å²) in [5, 5.41) is 3.92. The molecule has 1 aliphatic rings. The zero-order chi connectivity index (χ0) is 14.9. The minimum atomic E-state index is 0.0277. The zero-order valence-electron chi connectivity index (χ0n) is 12.6. The van der Waals surface area contributed by atoms with Crippen molar-refractivity contribution in [2.45, 2.75) is 40.2 Å². The van der Waals surface area contributed by atoms with Gasteiger partial charge in [-0.15, -0.1) is 0 Å². The Morgan fingerprint density at radius 1 is 1.45 bits per heavy atom. The number of carbonyl (C=O) groups excluding carboxylic acids is 1. The van der Waals surface area contributed by atoms with E-state index in [0.717, 1.165) is 24.6 Å². The lowest BCUT2D eigenvalue weighted by molar-refractivity contribution is 0.0789. The van der Waals surface area contributed by atoms with Crippen LogP contribution in [0, 0.1) is 11.8 Å². The molecule has 0 bridgehead atoms. The number of likely N-dealkylation sites (tertiary alicyclic amines) is 1. The smallest absolute Gasteiger partial charge is 0.267 e. The maximum absolute atomic E-state index is 12.5. The largest absolute Gasteiger partial charge is 0.382 e. The Labute approximate surface area is 124 Å². The second-order valence-electron chi connectivity index (χ2n) is 6.08. The van der Waals surface area contributed by atoms with Gasteiger partial charge in [0, 0.05) is 19.1 Å². The van der Waals surface area contributed by atoms with Crippen molar-refractivity contribution in [2.75, 3.05) is 24.1 Å². The van der Waals surface area contributed by atoms with Gasteiger partial charge in [-0.1, -0.05) is 25.2 Å². The summed E-state index contributed by atoms with van der Waals surface area (Å²) in [4.78, 5) is 19.2. The van der Waals surface area contributed by atoms with Gasteiger partial charge in [0.15, 0.2) is 5.13 Å². The average molecular weight is 296 g/mol. The molecule has 1 atom stereocenters. The predicted octanol–water partition coefficient (Wildman–Crippen LogP) is 2.66. The van der Waals surface area contributed by atoms with Crippen LogP contribution in [0.1, 0.15) is 43.8 Å². The Hall–Kier alpha value is -1.30. The van der Waals surface area contributed by atoms with Gasteiger partial charge in [-0.2, -0.15) is 0 Å². The van der Waals surface area contributed by atoms with Gasteiger partial charge in [-0.25, -0.2) is 4.98 Å². The van der Waals surface area contributed by atoms with Crippen LogP contribution in [0.5, 0.6) is 0 Å².